The number of nitrogens with zero attached hydrogens (tertiary/aromatic N) is 1. The van der Waals surface area contributed by atoms with E-state index in [-0.39, 0.29) is 28.9 Å². The Morgan fingerprint density at radius 2 is 1.88 bits per heavy atom. The fraction of sp³-hybridized carbons (Fsp3) is 0.211. The summed E-state index contributed by atoms with van der Waals surface area (Å²) in [5.41, 5.74) is 1.27. The van der Waals surface area contributed by atoms with Gasteiger partial charge in [-0.3, -0.25) is 0 Å². The highest BCUT2D eigenvalue weighted by Crippen LogP contribution is 2.40. The van der Waals surface area contributed by atoms with Gasteiger partial charge in [0.25, 0.3) is 0 Å². The monoisotopic (exact) mass is 363 g/mol. The van der Waals surface area contributed by atoms with Crippen LogP contribution in [0.1, 0.15) is 18.1 Å². The average Bonchev–Trinajstić information content (AvgIpc) is 2.58. The van der Waals surface area contributed by atoms with Gasteiger partial charge in [0.1, 0.15) is 5.82 Å². The molecule has 0 aromatic heterocycles. The Morgan fingerprint density at radius 3 is 2.50 bits per heavy atom. The zero-order chi connectivity index (χ0) is 19.0. The predicted octanol–water partition coefficient (Wildman–Crippen LogP) is 3.95. The van der Waals surface area contributed by atoms with Crippen LogP contribution in [0.3, 0.4) is 0 Å². The van der Waals surface area contributed by atoms with Crippen LogP contribution in [0, 0.1) is 17.5 Å². The normalized spacial score (nSPS) is 16.7. The zero-order valence-corrected chi connectivity index (χ0v) is 14.1. The summed E-state index contributed by atoms with van der Waals surface area (Å²) >= 11 is 0. The third-order valence-electron chi connectivity index (χ3n) is 4.38. The molecule has 26 heavy (non-hydrogen) atoms. The van der Waals surface area contributed by atoms with Gasteiger partial charge in [0.15, 0.2) is 17.9 Å². The Morgan fingerprint density at radius 1 is 1.19 bits per heavy atom. The average molecular weight is 363 g/mol. The SMILES string of the molecule is COC1C(C(=O)O)=C(C)c2cc(F)c(F)cc2N1Cc1cccc(F)c1. The molecule has 7 heteroatoms. The topological polar surface area (TPSA) is 49.8 Å². The molecule has 2 aromatic carbocycles. The van der Waals surface area contributed by atoms with Crippen LogP contribution in [0.4, 0.5) is 18.9 Å². The number of allylic oxidation sites excluding steroid dienone is 1. The molecule has 0 fully saturated rings. The van der Waals surface area contributed by atoms with Crippen molar-refractivity contribution in [2.24, 2.45) is 0 Å². The maximum absolute atomic E-state index is 13.9. The van der Waals surface area contributed by atoms with E-state index >= 15 is 0 Å². The van der Waals surface area contributed by atoms with Crippen LogP contribution >= 0.6 is 0 Å². The van der Waals surface area contributed by atoms with Crippen LogP contribution in [-0.2, 0) is 16.1 Å². The molecular weight excluding hydrogens is 347 g/mol. The summed E-state index contributed by atoms with van der Waals surface area (Å²) in [7, 11) is 1.32. The van der Waals surface area contributed by atoms with E-state index in [1.54, 1.807) is 6.07 Å². The Bertz CT molecular complexity index is 911. The van der Waals surface area contributed by atoms with Crippen molar-refractivity contribution in [1.82, 2.24) is 0 Å². The number of halogens is 3. The third kappa shape index (κ3) is 3.06. The number of fused-ring (bicyclic) bond motifs is 1. The summed E-state index contributed by atoms with van der Waals surface area (Å²) in [6, 6.07) is 7.70. The van der Waals surface area contributed by atoms with Crippen LogP contribution in [-0.4, -0.2) is 24.4 Å². The summed E-state index contributed by atoms with van der Waals surface area (Å²) in [6.07, 6.45) is -1.03. The lowest BCUT2D eigenvalue weighted by Gasteiger charge is -2.39. The number of benzene rings is 2. The predicted molar refractivity (Wildman–Crippen MR) is 90.0 cm³/mol. The van der Waals surface area contributed by atoms with Gasteiger partial charge in [-0.25, -0.2) is 18.0 Å². The number of anilines is 1. The van der Waals surface area contributed by atoms with Gasteiger partial charge in [0.05, 0.1) is 5.57 Å². The van der Waals surface area contributed by atoms with Crippen LogP contribution in [0.5, 0.6) is 0 Å². The summed E-state index contributed by atoms with van der Waals surface area (Å²) in [6.45, 7) is 1.57. The zero-order valence-electron chi connectivity index (χ0n) is 14.1. The maximum atomic E-state index is 13.9. The van der Waals surface area contributed by atoms with E-state index in [9.17, 15) is 23.1 Å². The quantitative estimate of drug-likeness (QED) is 0.894. The van der Waals surface area contributed by atoms with Crippen molar-refractivity contribution in [1.29, 1.82) is 0 Å². The molecule has 0 radical (unpaired) electrons. The smallest absolute Gasteiger partial charge is 0.336 e. The molecule has 136 valence electrons. The van der Waals surface area contributed by atoms with Gasteiger partial charge in [-0.1, -0.05) is 12.1 Å². The second kappa shape index (κ2) is 6.84. The van der Waals surface area contributed by atoms with E-state index in [2.05, 4.69) is 0 Å². The van der Waals surface area contributed by atoms with E-state index in [1.165, 1.54) is 37.1 Å². The first-order valence-electron chi connectivity index (χ1n) is 7.80. The van der Waals surface area contributed by atoms with Crippen molar-refractivity contribution in [3.05, 3.63) is 70.5 Å². The number of carboxylic acids is 1. The van der Waals surface area contributed by atoms with Crippen LogP contribution < -0.4 is 4.90 Å². The van der Waals surface area contributed by atoms with Crippen molar-refractivity contribution in [2.45, 2.75) is 19.7 Å². The molecule has 1 N–H and O–H groups in total. The summed E-state index contributed by atoms with van der Waals surface area (Å²) in [4.78, 5) is 13.2. The van der Waals surface area contributed by atoms with Gasteiger partial charge in [0, 0.05) is 31.0 Å². The van der Waals surface area contributed by atoms with E-state index in [1.807, 2.05) is 0 Å². The standard InChI is InChI=1S/C19H16F3NO3/c1-10-13-7-14(21)15(22)8-16(13)23(18(26-2)17(10)19(24)25)9-11-4-3-5-12(20)6-11/h3-8,18H,9H2,1-2H3,(H,24,25). The van der Waals surface area contributed by atoms with E-state index in [4.69, 9.17) is 4.74 Å². The number of hydrogen-bond acceptors (Lipinski definition) is 3. The second-order valence-corrected chi connectivity index (χ2v) is 5.97. The number of hydrogen-bond donors (Lipinski definition) is 1. The van der Waals surface area contributed by atoms with E-state index in [0.717, 1.165) is 12.1 Å². The highest BCUT2D eigenvalue weighted by atomic mass is 19.2. The third-order valence-corrected chi connectivity index (χ3v) is 4.38. The molecule has 0 aliphatic carbocycles. The van der Waals surface area contributed by atoms with Gasteiger partial charge >= 0.3 is 5.97 Å². The second-order valence-electron chi connectivity index (χ2n) is 5.97. The van der Waals surface area contributed by atoms with Crippen molar-refractivity contribution < 1.29 is 27.8 Å². The highest BCUT2D eigenvalue weighted by molar-refractivity contribution is 6.01. The fourth-order valence-corrected chi connectivity index (χ4v) is 3.20. The molecule has 3 rings (SSSR count). The summed E-state index contributed by atoms with van der Waals surface area (Å²) in [5.74, 6) is -3.82. The largest absolute Gasteiger partial charge is 0.478 e. The van der Waals surface area contributed by atoms with Crippen molar-refractivity contribution in [3.63, 3.8) is 0 Å². The minimum absolute atomic E-state index is 0.0540. The highest BCUT2D eigenvalue weighted by Gasteiger charge is 2.36. The molecule has 0 saturated heterocycles. The molecule has 0 bridgehead atoms. The van der Waals surface area contributed by atoms with Crippen LogP contribution in [0.15, 0.2) is 42.0 Å². The summed E-state index contributed by atoms with van der Waals surface area (Å²) in [5, 5.41) is 9.60. The Hall–Kier alpha value is -2.80. The van der Waals surface area contributed by atoms with Gasteiger partial charge in [-0.05, 0) is 36.3 Å². The van der Waals surface area contributed by atoms with E-state index in [0.29, 0.717) is 5.56 Å². The van der Waals surface area contributed by atoms with E-state index < -0.39 is 29.6 Å². The fourth-order valence-electron chi connectivity index (χ4n) is 3.20. The number of carbonyl (C=O) groups is 1. The van der Waals surface area contributed by atoms with Crippen molar-refractivity contribution in [2.75, 3.05) is 12.0 Å². The van der Waals surface area contributed by atoms with Gasteiger partial charge in [0.2, 0.25) is 0 Å². The molecule has 1 aliphatic rings. The number of carboxylic acid groups (broad SMARTS) is 1. The Kier molecular flexibility index (Phi) is 4.73. The molecule has 1 atom stereocenters. The maximum Gasteiger partial charge on any atom is 0.336 e. The lowest BCUT2D eigenvalue weighted by molar-refractivity contribution is -0.134. The Balaban J connectivity index is 2.19. The lowest BCUT2D eigenvalue weighted by atomic mass is 9.92. The first-order valence-corrected chi connectivity index (χ1v) is 7.80. The molecule has 0 amide bonds. The molecule has 1 unspecified atom stereocenters. The molecule has 0 saturated carbocycles. The van der Waals surface area contributed by atoms with Crippen molar-refractivity contribution in [3.8, 4) is 0 Å². The molecule has 1 aliphatic heterocycles. The molecule has 1 heterocycles. The minimum atomic E-state index is -1.23. The molecule has 2 aromatic rings. The number of rotatable bonds is 4. The molecular formula is C19H16F3NO3. The summed E-state index contributed by atoms with van der Waals surface area (Å²) < 4.78 is 46.5. The molecule has 0 spiro atoms. The van der Waals surface area contributed by atoms with Crippen LogP contribution in [0.2, 0.25) is 0 Å². The molecule has 4 nitrogen and oxygen atoms in total. The minimum Gasteiger partial charge on any atom is -0.478 e. The van der Waals surface area contributed by atoms with Gasteiger partial charge in [-0.15, -0.1) is 0 Å². The number of methoxy groups -OCH3 is 1. The number of ether oxygens (including phenoxy) is 1. The lowest BCUT2D eigenvalue weighted by Crippen LogP contribution is -2.43. The van der Waals surface area contributed by atoms with Gasteiger partial charge in [-0.2, -0.15) is 0 Å². The van der Waals surface area contributed by atoms with Crippen molar-refractivity contribution >= 4 is 17.2 Å². The first kappa shape index (κ1) is 18.0. The van der Waals surface area contributed by atoms with Gasteiger partial charge < -0.3 is 14.7 Å². The Labute approximate surface area is 148 Å². The number of aliphatic carboxylic acids is 1. The van der Waals surface area contributed by atoms with Crippen LogP contribution in [0.25, 0.3) is 5.57 Å². The first-order chi connectivity index (χ1) is 12.3.